The van der Waals surface area contributed by atoms with Crippen LogP contribution < -0.4 is 5.45 Å². The van der Waals surface area contributed by atoms with Crippen molar-refractivity contribution in [2.75, 3.05) is 0 Å². The van der Waals surface area contributed by atoms with E-state index < -0.39 is 9.04 Å². The van der Waals surface area contributed by atoms with Crippen LogP contribution in [-0.2, 0) is 13.1 Å². The molecule has 0 unspecified atom stereocenters. The third-order valence-electron chi connectivity index (χ3n) is 3.46. The van der Waals surface area contributed by atoms with Gasteiger partial charge in [-0.05, 0) is 35.9 Å². The molecule has 0 saturated carbocycles. The molecule has 0 aliphatic rings. The number of fused-ring (bicyclic) bond motifs is 1. The summed E-state index contributed by atoms with van der Waals surface area (Å²) >= 11 is 0. The number of rotatable bonds is 3. The van der Waals surface area contributed by atoms with Crippen molar-refractivity contribution in [2.45, 2.75) is 6.04 Å². The highest BCUT2D eigenvalue weighted by Gasteiger charge is 2.18. The smallest absolute Gasteiger partial charge is 0.249 e. The lowest BCUT2D eigenvalue weighted by Gasteiger charge is -2.09. The molecule has 1 heterocycles. The van der Waals surface area contributed by atoms with Crippen LogP contribution in [0, 0.1) is 5.82 Å². The van der Waals surface area contributed by atoms with Crippen molar-refractivity contribution in [3.05, 3.63) is 59.9 Å². The molecule has 102 valence electrons. The molecule has 0 aliphatic carbocycles. The van der Waals surface area contributed by atoms with E-state index in [1.54, 1.807) is 12.1 Å². The molecule has 3 aromatic rings. The first-order valence-corrected chi connectivity index (χ1v) is 8.40. The quantitative estimate of drug-likeness (QED) is 0.740. The molecule has 0 amide bonds. The van der Waals surface area contributed by atoms with Gasteiger partial charge in [-0.25, -0.2) is 9.37 Å². The van der Waals surface area contributed by atoms with Crippen molar-refractivity contribution < 1.29 is 9.19 Å². The van der Waals surface area contributed by atoms with Gasteiger partial charge in [0.1, 0.15) is 11.3 Å². The molecule has 1 N–H and O–H groups in total. The first kappa shape index (κ1) is 13.0. The number of hydrogen-bond donors (Lipinski definition) is 1. The molecule has 2 aromatic carbocycles. The van der Waals surface area contributed by atoms with Gasteiger partial charge in [0.25, 0.3) is 0 Å². The minimum absolute atomic E-state index is 0.257. The fraction of sp³-hybridized carbons (Fsp3) is 0.133. The highest BCUT2D eigenvalue weighted by Crippen LogP contribution is 2.10. The van der Waals surface area contributed by atoms with Crippen molar-refractivity contribution >= 4 is 25.5 Å². The summed E-state index contributed by atoms with van der Waals surface area (Å²) in [5.41, 5.74) is 3.62. The highest BCUT2D eigenvalue weighted by molar-refractivity contribution is 6.64. The second-order valence-corrected chi connectivity index (χ2v) is 6.82. The Labute approximate surface area is 118 Å². The van der Waals surface area contributed by atoms with E-state index in [4.69, 9.17) is 0 Å². The van der Waals surface area contributed by atoms with Crippen molar-refractivity contribution in [3.63, 3.8) is 0 Å². The molecule has 5 heteroatoms. The van der Waals surface area contributed by atoms with E-state index in [9.17, 15) is 9.19 Å². The first-order valence-electron chi connectivity index (χ1n) is 6.49. The third kappa shape index (κ3) is 2.37. The predicted molar refractivity (Wildman–Crippen MR) is 79.8 cm³/mol. The van der Waals surface area contributed by atoms with Crippen LogP contribution in [0.5, 0.6) is 0 Å². The Bertz CT molecular complexity index is 739. The number of hydrogen-bond acceptors (Lipinski definition) is 2. The summed E-state index contributed by atoms with van der Waals surface area (Å²) in [7, 11) is -0.266. The van der Waals surface area contributed by atoms with Gasteiger partial charge < -0.3 is 9.36 Å². The van der Waals surface area contributed by atoms with Crippen LogP contribution in [0.15, 0.2) is 48.5 Å². The summed E-state index contributed by atoms with van der Waals surface area (Å²) in [6.45, 7) is 0. The van der Waals surface area contributed by atoms with Gasteiger partial charge in [0.15, 0.2) is 0 Å². The minimum atomic E-state index is -2.19. The average molecular weight is 286 g/mol. The Morgan fingerprint density at radius 3 is 2.55 bits per heavy atom. The Hall–Kier alpha value is -1.98. The second-order valence-electron chi connectivity index (χ2n) is 4.86. The molecule has 0 saturated heterocycles. The van der Waals surface area contributed by atoms with Crippen LogP contribution in [-0.4, -0.2) is 23.4 Å². The topological polar surface area (TPSA) is 38.0 Å². The van der Waals surface area contributed by atoms with E-state index in [-0.39, 0.29) is 5.82 Å². The fourth-order valence-corrected chi connectivity index (χ4v) is 4.17. The zero-order chi connectivity index (χ0) is 14.1. The maximum Gasteiger partial charge on any atom is 0.249 e. The largest absolute Gasteiger partial charge is 0.427 e. The molecular weight excluding hydrogens is 271 g/mol. The number of nitrogens with zero attached hydrogens (tertiary/aromatic N) is 2. The number of halogens is 1. The Morgan fingerprint density at radius 1 is 1.15 bits per heavy atom. The summed E-state index contributed by atoms with van der Waals surface area (Å²) in [4.78, 5) is 15.0. The standard InChI is InChI=1S/C15H15FN2OSi/c1-18-14-5-3-2-4-13(14)17-15(18)20(19)10-11-6-8-12(16)9-7-11/h2-9,19-20H,10H2,1H3/t20-/m0/s1. The Kier molecular flexibility index (Phi) is 3.38. The number of aryl methyl sites for hydroxylation is 1. The van der Waals surface area contributed by atoms with Crippen molar-refractivity contribution in [2.24, 2.45) is 7.05 Å². The van der Waals surface area contributed by atoms with E-state index in [1.165, 1.54) is 12.1 Å². The Balaban J connectivity index is 1.90. The van der Waals surface area contributed by atoms with E-state index >= 15 is 0 Å². The normalized spacial score (nSPS) is 12.8. The van der Waals surface area contributed by atoms with Crippen LogP contribution in [0.3, 0.4) is 0 Å². The molecule has 3 rings (SSSR count). The van der Waals surface area contributed by atoms with Crippen LogP contribution in [0.4, 0.5) is 4.39 Å². The Morgan fingerprint density at radius 2 is 1.85 bits per heavy atom. The van der Waals surface area contributed by atoms with Crippen LogP contribution >= 0.6 is 0 Å². The third-order valence-corrected chi connectivity index (χ3v) is 5.43. The van der Waals surface area contributed by atoms with Crippen molar-refractivity contribution in [1.29, 1.82) is 0 Å². The van der Waals surface area contributed by atoms with Gasteiger partial charge in [0, 0.05) is 7.05 Å². The van der Waals surface area contributed by atoms with E-state index in [2.05, 4.69) is 4.98 Å². The number of imidazole rings is 1. The summed E-state index contributed by atoms with van der Waals surface area (Å²) in [5, 5.41) is 0. The first-order chi connectivity index (χ1) is 9.65. The highest BCUT2D eigenvalue weighted by atomic mass is 28.3. The van der Waals surface area contributed by atoms with Crippen molar-refractivity contribution in [1.82, 2.24) is 9.55 Å². The van der Waals surface area contributed by atoms with Gasteiger partial charge in [-0.2, -0.15) is 0 Å². The molecule has 0 fully saturated rings. The predicted octanol–water partition coefficient (Wildman–Crippen LogP) is 1.42. The summed E-state index contributed by atoms with van der Waals surface area (Å²) in [5.74, 6) is -0.257. The number of aromatic nitrogens is 2. The second kappa shape index (κ2) is 5.18. The molecule has 0 bridgehead atoms. The number of para-hydroxylation sites is 2. The van der Waals surface area contributed by atoms with Crippen LogP contribution in [0.25, 0.3) is 11.0 Å². The SMILES string of the molecule is Cn1c([Si@@H](O)Cc2ccc(F)cc2)nc2ccccc21. The molecular formula is C15H15FN2OSi. The zero-order valence-corrected chi connectivity index (χ0v) is 12.3. The van der Waals surface area contributed by atoms with E-state index in [0.717, 1.165) is 22.0 Å². The maximum atomic E-state index is 12.9. The molecule has 1 aromatic heterocycles. The van der Waals surface area contributed by atoms with Gasteiger partial charge in [0.05, 0.1) is 11.0 Å². The van der Waals surface area contributed by atoms with Gasteiger partial charge in [-0.15, -0.1) is 0 Å². The average Bonchev–Trinajstić information content (AvgIpc) is 2.79. The van der Waals surface area contributed by atoms with Gasteiger partial charge in [-0.3, -0.25) is 0 Å². The maximum absolute atomic E-state index is 12.9. The zero-order valence-electron chi connectivity index (χ0n) is 11.1. The lowest BCUT2D eigenvalue weighted by Crippen LogP contribution is -2.39. The monoisotopic (exact) mass is 286 g/mol. The van der Waals surface area contributed by atoms with E-state index in [1.807, 2.05) is 35.9 Å². The molecule has 0 spiro atoms. The van der Waals surface area contributed by atoms with Gasteiger partial charge in [-0.1, -0.05) is 24.3 Å². The summed E-state index contributed by atoms with van der Waals surface area (Å²) in [6, 6.07) is 14.7. The molecule has 0 radical (unpaired) electrons. The molecule has 1 atom stereocenters. The van der Waals surface area contributed by atoms with E-state index in [0.29, 0.717) is 6.04 Å². The van der Waals surface area contributed by atoms with Gasteiger partial charge >= 0.3 is 0 Å². The van der Waals surface area contributed by atoms with Crippen LogP contribution in [0.2, 0.25) is 0 Å². The summed E-state index contributed by atoms with van der Waals surface area (Å²) < 4.78 is 14.8. The van der Waals surface area contributed by atoms with Crippen molar-refractivity contribution in [3.8, 4) is 0 Å². The fourth-order valence-electron chi connectivity index (χ4n) is 2.40. The molecule has 20 heavy (non-hydrogen) atoms. The summed E-state index contributed by atoms with van der Waals surface area (Å²) in [6.07, 6.45) is 0. The van der Waals surface area contributed by atoms with Gasteiger partial charge in [0.2, 0.25) is 9.04 Å². The lowest BCUT2D eigenvalue weighted by atomic mass is 10.2. The number of benzene rings is 2. The molecule has 3 nitrogen and oxygen atoms in total. The van der Waals surface area contributed by atoms with Crippen LogP contribution in [0.1, 0.15) is 5.56 Å². The minimum Gasteiger partial charge on any atom is -0.427 e. The lowest BCUT2D eigenvalue weighted by molar-refractivity contribution is 0.578. The molecule has 0 aliphatic heterocycles.